The molecule has 1 saturated heterocycles. The van der Waals surface area contributed by atoms with Crippen molar-refractivity contribution < 1.29 is 13.2 Å². The molecular weight excluding hydrogens is 274 g/mol. The van der Waals surface area contributed by atoms with E-state index in [1.807, 2.05) is 31.2 Å². The predicted octanol–water partition coefficient (Wildman–Crippen LogP) is 2.31. The fraction of sp³-hybridized carbons (Fsp3) is 0.600. The van der Waals surface area contributed by atoms with Gasteiger partial charge in [-0.25, -0.2) is 8.42 Å². The third-order valence-corrected chi connectivity index (χ3v) is 5.85. The largest absolute Gasteiger partial charge is 0.496 e. The topological polar surface area (TPSA) is 55.4 Å². The van der Waals surface area contributed by atoms with Gasteiger partial charge in [0.15, 0.2) is 9.84 Å². The van der Waals surface area contributed by atoms with Gasteiger partial charge >= 0.3 is 0 Å². The van der Waals surface area contributed by atoms with Gasteiger partial charge in [0.2, 0.25) is 0 Å². The molecule has 0 saturated carbocycles. The second kappa shape index (κ2) is 5.74. The van der Waals surface area contributed by atoms with Crippen LogP contribution >= 0.6 is 0 Å². The fourth-order valence-corrected chi connectivity index (χ4v) is 5.00. The first kappa shape index (κ1) is 15.3. The van der Waals surface area contributed by atoms with Crippen molar-refractivity contribution in [2.24, 2.45) is 0 Å². The van der Waals surface area contributed by atoms with Crippen LogP contribution in [0.3, 0.4) is 0 Å². The molecule has 0 bridgehead atoms. The van der Waals surface area contributed by atoms with Crippen molar-refractivity contribution in [2.45, 2.75) is 38.3 Å². The molecule has 0 aromatic heterocycles. The van der Waals surface area contributed by atoms with E-state index >= 15 is 0 Å². The Kier molecular flexibility index (Phi) is 4.39. The highest BCUT2D eigenvalue weighted by atomic mass is 32.2. The zero-order valence-electron chi connectivity index (χ0n) is 12.3. The molecular formula is C15H23NO3S. The van der Waals surface area contributed by atoms with Crippen molar-refractivity contribution in [1.29, 1.82) is 0 Å². The van der Waals surface area contributed by atoms with Crippen molar-refractivity contribution >= 4 is 9.84 Å². The molecule has 5 heteroatoms. The Morgan fingerprint density at radius 1 is 1.40 bits per heavy atom. The second-order valence-electron chi connectivity index (χ2n) is 5.75. The first-order valence-electron chi connectivity index (χ1n) is 7.00. The fourth-order valence-electron chi connectivity index (χ4n) is 2.90. The van der Waals surface area contributed by atoms with E-state index in [1.54, 1.807) is 7.11 Å². The number of hydrogen-bond donors (Lipinski definition) is 1. The molecule has 0 radical (unpaired) electrons. The standard InChI is InChI=1S/C15H23NO3S/c1-4-13(12-7-5-6-8-14(12)19-3)16-15(2)9-10-20(17,18)11-15/h5-8,13,16H,4,9-11H2,1-3H3. The summed E-state index contributed by atoms with van der Waals surface area (Å²) in [6.45, 7) is 4.09. The SMILES string of the molecule is CCC(NC1(C)CCS(=O)(=O)C1)c1ccccc1OC. The molecule has 0 spiro atoms. The quantitative estimate of drug-likeness (QED) is 0.906. The molecule has 1 aliphatic rings. The van der Waals surface area contributed by atoms with Crippen LogP contribution in [-0.2, 0) is 9.84 Å². The molecule has 112 valence electrons. The summed E-state index contributed by atoms with van der Waals surface area (Å²) in [6, 6.07) is 8.00. The summed E-state index contributed by atoms with van der Waals surface area (Å²) >= 11 is 0. The van der Waals surface area contributed by atoms with Crippen molar-refractivity contribution in [1.82, 2.24) is 5.32 Å². The molecule has 1 aromatic rings. The molecule has 1 N–H and O–H groups in total. The Bertz CT molecular complexity index is 570. The van der Waals surface area contributed by atoms with Crippen molar-refractivity contribution in [2.75, 3.05) is 18.6 Å². The third kappa shape index (κ3) is 3.33. The average molecular weight is 297 g/mol. The smallest absolute Gasteiger partial charge is 0.152 e. The van der Waals surface area contributed by atoms with Crippen LogP contribution in [0.15, 0.2) is 24.3 Å². The summed E-state index contributed by atoms with van der Waals surface area (Å²) in [7, 11) is -1.24. The molecule has 2 unspecified atom stereocenters. The number of sulfone groups is 1. The molecule has 1 aromatic carbocycles. The summed E-state index contributed by atoms with van der Waals surface area (Å²) < 4.78 is 28.8. The lowest BCUT2D eigenvalue weighted by molar-refractivity contribution is 0.327. The predicted molar refractivity (Wildman–Crippen MR) is 80.8 cm³/mol. The maximum Gasteiger partial charge on any atom is 0.152 e. The van der Waals surface area contributed by atoms with Crippen LogP contribution in [0, 0.1) is 0 Å². The van der Waals surface area contributed by atoms with Crippen molar-refractivity contribution in [3.63, 3.8) is 0 Å². The van der Waals surface area contributed by atoms with Crippen LogP contribution in [0.2, 0.25) is 0 Å². The van der Waals surface area contributed by atoms with E-state index in [9.17, 15) is 8.42 Å². The summed E-state index contributed by atoms with van der Waals surface area (Å²) in [6.07, 6.45) is 1.55. The Hall–Kier alpha value is -1.07. The molecule has 4 nitrogen and oxygen atoms in total. The van der Waals surface area contributed by atoms with Gasteiger partial charge in [-0.05, 0) is 25.8 Å². The third-order valence-electron chi connectivity index (χ3n) is 3.95. The molecule has 1 heterocycles. The Morgan fingerprint density at radius 2 is 2.10 bits per heavy atom. The normalized spacial score (nSPS) is 26.4. The van der Waals surface area contributed by atoms with Crippen LogP contribution < -0.4 is 10.1 Å². The highest BCUT2D eigenvalue weighted by molar-refractivity contribution is 7.91. The van der Waals surface area contributed by atoms with Gasteiger partial charge in [-0.2, -0.15) is 0 Å². The Morgan fingerprint density at radius 3 is 2.65 bits per heavy atom. The zero-order valence-corrected chi connectivity index (χ0v) is 13.2. The minimum atomic E-state index is -2.90. The summed E-state index contributed by atoms with van der Waals surface area (Å²) in [5.41, 5.74) is 0.739. The number of nitrogens with one attached hydrogen (secondary N) is 1. The monoisotopic (exact) mass is 297 g/mol. The van der Waals surface area contributed by atoms with E-state index in [4.69, 9.17) is 4.74 Å². The van der Waals surface area contributed by atoms with Crippen LogP contribution in [0.5, 0.6) is 5.75 Å². The van der Waals surface area contributed by atoms with Crippen LogP contribution in [0.4, 0.5) is 0 Å². The minimum Gasteiger partial charge on any atom is -0.496 e. The molecule has 0 amide bonds. The minimum absolute atomic E-state index is 0.101. The molecule has 0 aliphatic carbocycles. The van der Waals surface area contributed by atoms with E-state index in [2.05, 4.69) is 12.2 Å². The number of rotatable bonds is 5. The second-order valence-corrected chi connectivity index (χ2v) is 7.93. The summed E-state index contributed by atoms with van der Waals surface area (Å²) in [4.78, 5) is 0. The maximum absolute atomic E-state index is 11.7. The molecule has 1 fully saturated rings. The first-order valence-corrected chi connectivity index (χ1v) is 8.82. The van der Waals surface area contributed by atoms with Gasteiger partial charge in [0.05, 0.1) is 18.6 Å². The summed E-state index contributed by atoms with van der Waals surface area (Å²) in [5, 5.41) is 3.53. The highest BCUT2D eigenvalue weighted by Gasteiger charge is 2.39. The molecule has 2 atom stereocenters. The Balaban J connectivity index is 2.21. The first-order chi connectivity index (χ1) is 9.39. The van der Waals surface area contributed by atoms with Crippen LogP contribution in [-0.4, -0.2) is 32.6 Å². The molecule has 1 aliphatic heterocycles. The number of hydrogen-bond acceptors (Lipinski definition) is 4. The number of ether oxygens (including phenoxy) is 1. The summed E-state index contributed by atoms with van der Waals surface area (Å²) in [5.74, 6) is 1.33. The number of benzene rings is 1. The van der Waals surface area contributed by atoms with Gasteiger partial charge in [-0.3, -0.25) is 0 Å². The van der Waals surface area contributed by atoms with Gasteiger partial charge in [0.1, 0.15) is 5.75 Å². The van der Waals surface area contributed by atoms with Gasteiger partial charge < -0.3 is 10.1 Å². The van der Waals surface area contributed by atoms with Gasteiger partial charge in [-0.15, -0.1) is 0 Å². The van der Waals surface area contributed by atoms with Gasteiger partial charge in [0.25, 0.3) is 0 Å². The zero-order chi connectivity index (χ0) is 14.8. The maximum atomic E-state index is 11.7. The van der Waals surface area contributed by atoms with E-state index < -0.39 is 9.84 Å². The van der Waals surface area contributed by atoms with Crippen molar-refractivity contribution in [3.05, 3.63) is 29.8 Å². The molecule has 2 rings (SSSR count). The van der Waals surface area contributed by atoms with E-state index in [1.165, 1.54) is 0 Å². The van der Waals surface area contributed by atoms with Gasteiger partial charge in [0, 0.05) is 17.1 Å². The van der Waals surface area contributed by atoms with Crippen LogP contribution in [0.1, 0.15) is 38.3 Å². The lowest BCUT2D eigenvalue weighted by Crippen LogP contribution is -2.45. The van der Waals surface area contributed by atoms with E-state index in [-0.39, 0.29) is 23.1 Å². The van der Waals surface area contributed by atoms with Crippen molar-refractivity contribution in [3.8, 4) is 5.75 Å². The lowest BCUT2D eigenvalue weighted by Gasteiger charge is -2.31. The van der Waals surface area contributed by atoms with Gasteiger partial charge in [-0.1, -0.05) is 25.1 Å². The average Bonchev–Trinajstić information content (AvgIpc) is 2.70. The lowest BCUT2D eigenvalue weighted by atomic mass is 9.96. The van der Waals surface area contributed by atoms with E-state index in [0.29, 0.717) is 6.42 Å². The number of para-hydroxylation sites is 1. The molecule has 20 heavy (non-hydrogen) atoms. The number of methoxy groups -OCH3 is 1. The highest BCUT2D eigenvalue weighted by Crippen LogP contribution is 2.32. The Labute approximate surface area is 121 Å². The van der Waals surface area contributed by atoms with E-state index in [0.717, 1.165) is 17.7 Å². The van der Waals surface area contributed by atoms with Crippen LogP contribution in [0.25, 0.3) is 0 Å².